The quantitative estimate of drug-likeness (QED) is 0.194. The van der Waals surface area contributed by atoms with Crippen LogP contribution in [-0.2, 0) is 5.41 Å². The molecule has 0 aliphatic heterocycles. The van der Waals surface area contributed by atoms with E-state index in [4.69, 9.17) is 8.83 Å². The maximum Gasteiger partial charge on any atom is 0.137 e. The Bertz CT molecular complexity index is 2760. The van der Waals surface area contributed by atoms with Crippen LogP contribution in [0.5, 0.6) is 0 Å². The number of para-hydroxylation sites is 1. The summed E-state index contributed by atoms with van der Waals surface area (Å²) >= 11 is 0. The lowest BCUT2D eigenvalue weighted by molar-refractivity contribution is 0.660. The van der Waals surface area contributed by atoms with Gasteiger partial charge in [-0.25, -0.2) is 0 Å². The van der Waals surface area contributed by atoms with E-state index >= 15 is 0 Å². The first-order valence-corrected chi connectivity index (χ1v) is 16.9. The second-order valence-electron chi connectivity index (χ2n) is 13.8. The Morgan fingerprint density at radius 3 is 2.12 bits per heavy atom. The van der Waals surface area contributed by atoms with Crippen molar-refractivity contribution in [3.63, 3.8) is 0 Å². The minimum absolute atomic E-state index is 0.168. The highest BCUT2D eigenvalue weighted by molar-refractivity contribution is 6.14. The number of hydrogen-bond donors (Lipinski definition) is 0. The molecule has 1 aliphatic carbocycles. The first-order chi connectivity index (χ1) is 23.9. The van der Waals surface area contributed by atoms with E-state index in [1.165, 1.54) is 38.9 Å². The fraction of sp³-hybridized carbons (Fsp3) is 0.0870. The van der Waals surface area contributed by atoms with Crippen LogP contribution in [0.1, 0.15) is 30.5 Å². The molecule has 0 unspecified atom stereocenters. The SMILES string of the molecule is Cc1ccc2c(c1)oc1cccc(N(c3ccc4c(c3)C(C)(C)c3ccc(-c5ccccc5)cc3-4)c3ccc4oc5ccccc5c4c3)c12. The molecule has 2 aromatic heterocycles. The van der Waals surface area contributed by atoms with Gasteiger partial charge in [-0.2, -0.15) is 0 Å². The average molecular weight is 632 g/mol. The highest BCUT2D eigenvalue weighted by Crippen LogP contribution is 2.52. The van der Waals surface area contributed by atoms with Crippen LogP contribution >= 0.6 is 0 Å². The molecular weight excluding hydrogens is 599 g/mol. The van der Waals surface area contributed by atoms with Crippen LogP contribution in [0.4, 0.5) is 17.1 Å². The van der Waals surface area contributed by atoms with E-state index in [9.17, 15) is 0 Å². The molecule has 10 rings (SSSR count). The number of furan rings is 2. The predicted octanol–water partition coefficient (Wildman–Crippen LogP) is 13.2. The molecule has 0 bridgehead atoms. The van der Waals surface area contributed by atoms with Crippen LogP contribution in [0.3, 0.4) is 0 Å². The van der Waals surface area contributed by atoms with Crippen molar-refractivity contribution in [2.24, 2.45) is 0 Å². The normalized spacial score (nSPS) is 13.4. The monoisotopic (exact) mass is 631 g/mol. The molecule has 0 fully saturated rings. The summed E-state index contributed by atoms with van der Waals surface area (Å²) in [7, 11) is 0. The summed E-state index contributed by atoms with van der Waals surface area (Å²) in [5, 5.41) is 4.42. The molecule has 3 heteroatoms. The van der Waals surface area contributed by atoms with E-state index in [2.05, 4.69) is 159 Å². The maximum absolute atomic E-state index is 6.47. The van der Waals surface area contributed by atoms with Crippen molar-refractivity contribution in [1.29, 1.82) is 0 Å². The van der Waals surface area contributed by atoms with Gasteiger partial charge in [0.25, 0.3) is 0 Å². The summed E-state index contributed by atoms with van der Waals surface area (Å²) in [4.78, 5) is 2.40. The summed E-state index contributed by atoms with van der Waals surface area (Å²) < 4.78 is 12.7. The van der Waals surface area contributed by atoms with Crippen molar-refractivity contribution >= 4 is 60.9 Å². The van der Waals surface area contributed by atoms with Crippen molar-refractivity contribution in [2.45, 2.75) is 26.2 Å². The molecule has 1 aliphatic rings. The Balaban J connectivity index is 1.21. The van der Waals surface area contributed by atoms with Crippen LogP contribution in [0.15, 0.2) is 154 Å². The van der Waals surface area contributed by atoms with Crippen molar-refractivity contribution < 1.29 is 8.83 Å². The molecule has 0 spiro atoms. The van der Waals surface area contributed by atoms with E-state index in [1.807, 2.05) is 12.1 Å². The van der Waals surface area contributed by atoms with E-state index in [-0.39, 0.29) is 5.41 Å². The maximum atomic E-state index is 6.47. The molecule has 0 radical (unpaired) electrons. The van der Waals surface area contributed by atoms with Gasteiger partial charge in [-0.1, -0.05) is 98.8 Å². The van der Waals surface area contributed by atoms with E-state index < -0.39 is 0 Å². The molecule has 0 saturated heterocycles. The number of nitrogens with zero attached hydrogens (tertiary/aromatic N) is 1. The number of aryl methyl sites for hydroxylation is 1. The Morgan fingerprint density at radius 2 is 1.22 bits per heavy atom. The number of benzene rings is 7. The Labute approximate surface area is 284 Å². The lowest BCUT2D eigenvalue weighted by Crippen LogP contribution is -2.16. The van der Waals surface area contributed by atoms with Gasteiger partial charge in [0, 0.05) is 32.9 Å². The second kappa shape index (κ2) is 10.2. The molecule has 234 valence electrons. The molecule has 9 aromatic rings. The Kier molecular flexibility index (Phi) is 5.84. The zero-order valence-electron chi connectivity index (χ0n) is 27.6. The number of fused-ring (bicyclic) bond motifs is 9. The van der Waals surface area contributed by atoms with Gasteiger partial charge in [0.15, 0.2) is 0 Å². The first-order valence-electron chi connectivity index (χ1n) is 16.9. The third-order valence-electron chi connectivity index (χ3n) is 10.5. The summed E-state index contributed by atoms with van der Waals surface area (Å²) in [6, 6.07) is 52.3. The van der Waals surface area contributed by atoms with Crippen molar-refractivity contribution in [3.8, 4) is 22.3 Å². The fourth-order valence-electron chi connectivity index (χ4n) is 8.07. The summed E-state index contributed by atoms with van der Waals surface area (Å²) in [5.74, 6) is 0. The van der Waals surface area contributed by atoms with Crippen molar-refractivity contribution in [1.82, 2.24) is 0 Å². The topological polar surface area (TPSA) is 29.5 Å². The Hall–Kier alpha value is -6.06. The summed E-state index contributed by atoms with van der Waals surface area (Å²) in [6.07, 6.45) is 0. The van der Waals surface area contributed by atoms with Gasteiger partial charge in [-0.15, -0.1) is 0 Å². The molecule has 3 nitrogen and oxygen atoms in total. The third-order valence-corrected chi connectivity index (χ3v) is 10.5. The van der Waals surface area contributed by atoms with Crippen LogP contribution in [0.2, 0.25) is 0 Å². The summed E-state index contributed by atoms with van der Waals surface area (Å²) in [5.41, 5.74) is 15.6. The fourth-order valence-corrected chi connectivity index (χ4v) is 8.07. The van der Waals surface area contributed by atoms with Crippen molar-refractivity contribution in [2.75, 3.05) is 4.90 Å². The van der Waals surface area contributed by atoms with Gasteiger partial charge in [0.1, 0.15) is 22.3 Å². The molecule has 0 saturated carbocycles. The number of hydrogen-bond acceptors (Lipinski definition) is 3. The van der Waals surface area contributed by atoms with Crippen LogP contribution in [0.25, 0.3) is 66.1 Å². The Morgan fingerprint density at radius 1 is 0.469 bits per heavy atom. The van der Waals surface area contributed by atoms with Crippen LogP contribution in [-0.4, -0.2) is 0 Å². The van der Waals surface area contributed by atoms with E-state index in [0.717, 1.165) is 60.9 Å². The van der Waals surface area contributed by atoms with Crippen molar-refractivity contribution in [3.05, 3.63) is 162 Å². The van der Waals surface area contributed by atoms with Gasteiger partial charge in [0.2, 0.25) is 0 Å². The molecule has 0 amide bonds. The highest BCUT2D eigenvalue weighted by Gasteiger charge is 2.36. The average Bonchev–Trinajstić information content (AvgIpc) is 3.76. The molecule has 0 atom stereocenters. The smallest absolute Gasteiger partial charge is 0.137 e. The van der Waals surface area contributed by atoms with Gasteiger partial charge in [0.05, 0.1) is 11.1 Å². The molecule has 7 aromatic carbocycles. The number of rotatable bonds is 4. The second-order valence-corrected chi connectivity index (χ2v) is 13.8. The minimum Gasteiger partial charge on any atom is -0.456 e. The van der Waals surface area contributed by atoms with Crippen LogP contribution in [0, 0.1) is 6.92 Å². The highest BCUT2D eigenvalue weighted by atomic mass is 16.3. The van der Waals surface area contributed by atoms with Gasteiger partial charge < -0.3 is 13.7 Å². The minimum atomic E-state index is -0.168. The third kappa shape index (κ3) is 4.15. The lowest BCUT2D eigenvalue weighted by Gasteiger charge is -2.28. The van der Waals surface area contributed by atoms with E-state index in [1.54, 1.807) is 0 Å². The van der Waals surface area contributed by atoms with Gasteiger partial charge in [-0.05, 0) is 107 Å². The molecular formula is C46H33NO2. The lowest BCUT2D eigenvalue weighted by atomic mass is 9.82. The number of anilines is 3. The predicted molar refractivity (Wildman–Crippen MR) is 203 cm³/mol. The molecule has 2 heterocycles. The molecule has 49 heavy (non-hydrogen) atoms. The largest absolute Gasteiger partial charge is 0.456 e. The zero-order chi connectivity index (χ0) is 32.9. The van der Waals surface area contributed by atoms with Gasteiger partial charge in [-0.3, -0.25) is 0 Å². The summed E-state index contributed by atoms with van der Waals surface area (Å²) in [6.45, 7) is 6.81. The first kappa shape index (κ1) is 28.0. The van der Waals surface area contributed by atoms with E-state index in [0.29, 0.717) is 0 Å². The standard InChI is InChI=1S/C46H33NO2/c1-28-16-20-35-44(24-28)49-43-15-9-13-40(45(35)43)47(31-19-23-42-37(26-31)34-12-7-8-14-41(34)48-42)32-18-21-33-36-25-30(29-10-5-4-6-11-29)17-22-38(36)46(2,3)39(33)27-32/h4-27H,1-3H3. The van der Waals surface area contributed by atoms with Gasteiger partial charge >= 0.3 is 0 Å². The van der Waals surface area contributed by atoms with Crippen LogP contribution < -0.4 is 4.90 Å². The zero-order valence-corrected chi connectivity index (χ0v) is 27.6. The molecule has 0 N–H and O–H groups in total.